The van der Waals surface area contributed by atoms with Crippen LogP contribution in [0.15, 0.2) is 18.2 Å². The van der Waals surface area contributed by atoms with E-state index in [0.717, 1.165) is 44.5 Å². The fourth-order valence-electron chi connectivity index (χ4n) is 3.65. The van der Waals surface area contributed by atoms with Crippen LogP contribution in [0.2, 0.25) is 0 Å². The van der Waals surface area contributed by atoms with Gasteiger partial charge in [0.15, 0.2) is 11.5 Å². The molecule has 25 heavy (non-hydrogen) atoms. The third kappa shape index (κ3) is 4.79. The lowest BCUT2D eigenvalue weighted by Gasteiger charge is -2.31. The van der Waals surface area contributed by atoms with E-state index >= 15 is 0 Å². The van der Waals surface area contributed by atoms with Gasteiger partial charge in [0.1, 0.15) is 0 Å². The van der Waals surface area contributed by atoms with E-state index in [1.54, 1.807) is 7.11 Å². The molecule has 3 rings (SSSR count). The van der Waals surface area contributed by atoms with Gasteiger partial charge in [-0.15, -0.1) is 12.4 Å². The highest BCUT2D eigenvalue weighted by molar-refractivity contribution is 5.95. The van der Waals surface area contributed by atoms with E-state index in [9.17, 15) is 4.79 Å². The fraction of sp³-hybridized carbons (Fsp3) is 0.632. The van der Waals surface area contributed by atoms with Gasteiger partial charge < -0.3 is 19.7 Å². The van der Waals surface area contributed by atoms with Crippen LogP contribution in [0.25, 0.3) is 0 Å². The van der Waals surface area contributed by atoms with E-state index in [1.165, 1.54) is 12.8 Å². The summed E-state index contributed by atoms with van der Waals surface area (Å²) in [5.74, 6) is 1.43. The van der Waals surface area contributed by atoms with Gasteiger partial charge in [0.25, 0.3) is 5.91 Å². The highest BCUT2D eigenvalue weighted by atomic mass is 35.5. The molecule has 0 bridgehead atoms. The molecule has 0 radical (unpaired) electrons. The summed E-state index contributed by atoms with van der Waals surface area (Å²) in [7, 11) is 3.52. The molecule has 1 heterocycles. The first-order valence-electron chi connectivity index (χ1n) is 9.01. The average Bonchev–Trinajstić information content (AvgIpc) is 3.14. The maximum Gasteiger partial charge on any atom is 0.253 e. The zero-order valence-corrected chi connectivity index (χ0v) is 15.9. The van der Waals surface area contributed by atoms with Crippen LogP contribution in [0.1, 0.15) is 48.9 Å². The van der Waals surface area contributed by atoms with E-state index in [-0.39, 0.29) is 24.4 Å². The first-order valence-corrected chi connectivity index (χ1v) is 9.01. The number of nitrogens with one attached hydrogen (secondary N) is 1. The first-order chi connectivity index (χ1) is 11.7. The lowest BCUT2D eigenvalue weighted by molar-refractivity contribution is 0.0702. The van der Waals surface area contributed by atoms with Crippen LogP contribution in [0.3, 0.4) is 0 Å². The van der Waals surface area contributed by atoms with Gasteiger partial charge in [-0.2, -0.15) is 0 Å². The number of piperidine rings is 1. The maximum atomic E-state index is 12.8. The van der Waals surface area contributed by atoms with Gasteiger partial charge in [-0.1, -0.05) is 0 Å². The van der Waals surface area contributed by atoms with Crippen LogP contribution < -0.4 is 14.8 Å². The number of ether oxygens (including phenoxy) is 2. The Bertz CT molecular complexity index is 570. The number of carbonyl (C=O) groups excluding carboxylic acids is 1. The average molecular weight is 369 g/mol. The Balaban J connectivity index is 0.00000225. The molecule has 2 fully saturated rings. The number of halogens is 1. The largest absolute Gasteiger partial charge is 0.493 e. The predicted octanol–water partition coefficient (Wildman–Crippen LogP) is 3.26. The number of amides is 1. The van der Waals surface area contributed by atoms with Crippen LogP contribution in [-0.4, -0.2) is 50.2 Å². The summed E-state index contributed by atoms with van der Waals surface area (Å²) in [6.45, 7) is 1.94. The number of hydrogen-bond acceptors (Lipinski definition) is 4. The Hall–Kier alpha value is -1.46. The summed E-state index contributed by atoms with van der Waals surface area (Å²) in [5.41, 5.74) is 0.659. The molecule has 1 aromatic carbocycles. The van der Waals surface area contributed by atoms with E-state index < -0.39 is 0 Å². The highest BCUT2D eigenvalue weighted by Gasteiger charge is 2.24. The standard InChI is InChI=1S/C19H28N2O3.ClH/c1-21(15-9-11-20-12-10-15)19(22)14-7-8-17(18(13-14)23-2)24-16-5-3-4-6-16;/h7-8,13,15-16,20H,3-6,9-12H2,1-2H3;1H. The molecule has 1 aliphatic carbocycles. The molecular weight excluding hydrogens is 340 g/mol. The van der Waals surface area contributed by atoms with Crippen molar-refractivity contribution in [2.75, 3.05) is 27.2 Å². The van der Waals surface area contributed by atoms with Crippen molar-refractivity contribution in [2.24, 2.45) is 0 Å². The molecule has 1 aromatic rings. The molecule has 1 N–H and O–H groups in total. The molecule has 1 aliphatic heterocycles. The monoisotopic (exact) mass is 368 g/mol. The summed E-state index contributed by atoms with van der Waals surface area (Å²) < 4.78 is 11.5. The van der Waals surface area contributed by atoms with Gasteiger partial charge in [-0.05, 0) is 69.8 Å². The van der Waals surface area contributed by atoms with Crippen molar-refractivity contribution in [3.8, 4) is 11.5 Å². The molecule has 0 unspecified atom stereocenters. The lowest BCUT2D eigenvalue weighted by atomic mass is 10.0. The summed E-state index contributed by atoms with van der Waals surface area (Å²) in [6.07, 6.45) is 6.93. The van der Waals surface area contributed by atoms with Crippen molar-refractivity contribution in [3.05, 3.63) is 23.8 Å². The van der Waals surface area contributed by atoms with Crippen LogP contribution in [0, 0.1) is 0 Å². The molecular formula is C19H29ClN2O3. The van der Waals surface area contributed by atoms with Gasteiger partial charge >= 0.3 is 0 Å². The normalized spacial score (nSPS) is 18.5. The highest BCUT2D eigenvalue weighted by Crippen LogP contribution is 2.32. The third-order valence-electron chi connectivity index (χ3n) is 5.18. The molecule has 0 spiro atoms. The Labute approximate surface area is 156 Å². The maximum absolute atomic E-state index is 12.8. The second kappa shape index (κ2) is 9.30. The molecule has 5 nitrogen and oxygen atoms in total. The van der Waals surface area contributed by atoms with Gasteiger partial charge in [-0.25, -0.2) is 0 Å². The second-order valence-corrected chi connectivity index (χ2v) is 6.79. The molecule has 6 heteroatoms. The second-order valence-electron chi connectivity index (χ2n) is 6.79. The van der Waals surface area contributed by atoms with Crippen molar-refractivity contribution in [3.63, 3.8) is 0 Å². The zero-order valence-electron chi connectivity index (χ0n) is 15.1. The Morgan fingerprint density at radius 3 is 2.44 bits per heavy atom. The number of carbonyl (C=O) groups is 1. The Morgan fingerprint density at radius 2 is 1.80 bits per heavy atom. The minimum Gasteiger partial charge on any atom is -0.493 e. The molecule has 140 valence electrons. The number of methoxy groups -OCH3 is 1. The van der Waals surface area contributed by atoms with Crippen molar-refractivity contribution < 1.29 is 14.3 Å². The minimum absolute atomic E-state index is 0. The third-order valence-corrected chi connectivity index (χ3v) is 5.18. The van der Waals surface area contributed by atoms with Crippen LogP contribution in [0.5, 0.6) is 11.5 Å². The molecule has 2 aliphatic rings. The summed E-state index contributed by atoms with van der Waals surface area (Å²) in [5, 5.41) is 3.33. The summed E-state index contributed by atoms with van der Waals surface area (Å²) >= 11 is 0. The molecule has 1 saturated heterocycles. The van der Waals surface area contributed by atoms with Crippen LogP contribution >= 0.6 is 12.4 Å². The Morgan fingerprint density at radius 1 is 1.12 bits per heavy atom. The van der Waals surface area contributed by atoms with E-state index in [4.69, 9.17) is 9.47 Å². The van der Waals surface area contributed by atoms with Crippen LogP contribution in [0.4, 0.5) is 0 Å². The number of hydrogen-bond donors (Lipinski definition) is 1. The van der Waals surface area contributed by atoms with Crippen molar-refractivity contribution in [2.45, 2.75) is 50.7 Å². The van der Waals surface area contributed by atoms with Gasteiger partial charge in [0.05, 0.1) is 13.2 Å². The van der Waals surface area contributed by atoms with Crippen molar-refractivity contribution in [1.29, 1.82) is 0 Å². The van der Waals surface area contributed by atoms with Crippen molar-refractivity contribution >= 4 is 18.3 Å². The topological polar surface area (TPSA) is 50.8 Å². The van der Waals surface area contributed by atoms with Crippen molar-refractivity contribution in [1.82, 2.24) is 10.2 Å². The van der Waals surface area contributed by atoms with Gasteiger partial charge in [-0.3, -0.25) is 4.79 Å². The molecule has 0 aromatic heterocycles. The summed E-state index contributed by atoms with van der Waals surface area (Å²) in [6, 6.07) is 5.84. The minimum atomic E-state index is 0. The molecule has 1 amide bonds. The number of nitrogens with zero attached hydrogens (tertiary/aromatic N) is 1. The quantitative estimate of drug-likeness (QED) is 0.866. The lowest BCUT2D eigenvalue weighted by Crippen LogP contribution is -2.43. The number of benzene rings is 1. The smallest absolute Gasteiger partial charge is 0.253 e. The van der Waals surface area contributed by atoms with E-state index in [0.29, 0.717) is 17.4 Å². The predicted molar refractivity (Wildman–Crippen MR) is 101 cm³/mol. The van der Waals surface area contributed by atoms with E-state index in [1.807, 2.05) is 30.1 Å². The fourth-order valence-corrected chi connectivity index (χ4v) is 3.65. The van der Waals surface area contributed by atoms with E-state index in [2.05, 4.69) is 5.32 Å². The number of rotatable bonds is 5. The SMILES string of the molecule is COc1cc(C(=O)N(C)C2CCNCC2)ccc1OC1CCCC1.Cl. The first kappa shape index (κ1) is 19.9. The van der Waals surface area contributed by atoms with Crippen LogP contribution in [-0.2, 0) is 0 Å². The molecule has 0 atom stereocenters. The summed E-state index contributed by atoms with van der Waals surface area (Å²) in [4.78, 5) is 14.6. The Kier molecular flexibility index (Phi) is 7.38. The molecule has 1 saturated carbocycles. The van der Waals surface area contributed by atoms with Gasteiger partial charge in [0.2, 0.25) is 0 Å². The van der Waals surface area contributed by atoms with Gasteiger partial charge in [0, 0.05) is 18.7 Å². The zero-order chi connectivity index (χ0) is 16.9.